The highest BCUT2D eigenvalue weighted by Crippen LogP contribution is 2.39. The van der Waals surface area contributed by atoms with Gasteiger partial charge in [0.15, 0.2) is 11.5 Å². The number of carbonyl (C=O) groups excluding carboxylic acids is 3. The zero-order valence-corrected chi connectivity index (χ0v) is 24.8. The molecule has 3 aromatic carbocycles. The van der Waals surface area contributed by atoms with Gasteiger partial charge in [0, 0.05) is 10.2 Å². The second kappa shape index (κ2) is 12.2. The molecule has 4 rings (SSSR count). The zero-order chi connectivity index (χ0) is 27.4. The van der Waals surface area contributed by atoms with Gasteiger partial charge in [0.25, 0.3) is 11.1 Å². The lowest BCUT2D eigenvalue weighted by Crippen LogP contribution is -2.36. The fourth-order valence-corrected chi connectivity index (χ4v) is 5.45. The number of rotatable bonds is 8. The van der Waals surface area contributed by atoms with Gasteiger partial charge in [-0.25, -0.2) is 0 Å². The maximum absolute atomic E-state index is 13.0. The van der Waals surface area contributed by atoms with Crippen molar-refractivity contribution in [2.75, 3.05) is 19.0 Å². The maximum Gasteiger partial charge on any atom is 0.294 e. The Hall–Kier alpha value is -3.08. The summed E-state index contributed by atoms with van der Waals surface area (Å²) in [5.41, 5.74) is 4.24. The molecule has 1 fully saturated rings. The van der Waals surface area contributed by atoms with E-state index in [0.717, 1.165) is 37.8 Å². The van der Waals surface area contributed by atoms with E-state index in [2.05, 4.69) is 37.2 Å². The van der Waals surface area contributed by atoms with Gasteiger partial charge in [-0.15, -0.1) is 0 Å². The summed E-state index contributed by atoms with van der Waals surface area (Å²) in [5.74, 6) is 0.0113. The van der Waals surface area contributed by atoms with E-state index >= 15 is 0 Å². The molecule has 7 nitrogen and oxygen atoms in total. The minimum atomic E-state index is -0.526. The first-order chi connectivity index (χ1) is 18.1. The van der Waals surface area contributed by atoms with Crippen molar-refractivity contribution in [1.82, 2.24) is 4.90 Å². The fourth-order valence-electron chi connectivity index (χ4n) is 3.77. The third-order valence-corrected chi connectivity index (χ3v) is 7.70. The van der Waals surface area contributed by atoms with Crippen LogP contribution in [0.15, 0.2) is 68.4 Å². The normalized spacial score (nSPS) is 14.2. The van der Waals surface area contributed by atoms with Crippen LogP contribution < -0.4 is 14.8 Å². The summed E-state index contributed by atoms with van der Waals surface area (Å²) in [6, 6.07) is 16.9. The Bertz CT molecular complexity index is 1440. The van der Waals surface area contributed by atoms with Crippen molar-refractivity contribution in [2.45, 2.75) is 20.5 Å². The summed E-state index contributed by atoms with van der Waals surface area (Å²) < 4.78 is 13.1. The minimum Gasteiger partial charge on any atom is -0.493 e. The number of nitrogens with zero attached hydrogens (tertiary/aromatic N) is 1. The Morgan fingerprint density at radius 2 is 1.79 bits per heavy atom. The van der Waals surface area contributed by atoms with Crippen molar-refractivity contribution in [3.05, 3.63) is 90.7 Å². The highest BCUT2D eigenvalue weighted by molar-refractivity contribution is 9.10. The predicted octanol–water partition coefficient (Wildman–Crippen LogP) is 7.09. The summed E-state index contributed by atoms with van der Waals surface area (Å²) in [6.45, 7) is 3.81. The molecule has 1 N–H and O–H groups in total. The van der Waals surface area contributed by atoms with Crippen LogP contribution in [-0.4, -0.2) is 35.6 Å². The summed E-state index contributed by atoms with van der Waals surface area (Å²) in [5, 5.41) is 2.27. The lowest BCUT2D eigenvalue weighted by atomic mass is 10.1. The Balaban J connectivity index is 1.46. The first-order valence-corrected chi connectivity index (χ1v) is 13.9. The van der Waals surface area contributed by atoms with E-state index in [9.17, 15) is 14.4 Å². The number of methoxy groups -OCH3 is 1. The van der Waals surface area contributed by atoms with Gasteiger partial charge in [0.05, 0.1) is 16.5 Å². The van der Waals surface area contributed by atoms with Gasteiger partial charge in [0.2, 0.25) is 5.91 Å². The van der Waals surface area contributed by atoms with Gasteiger partial charge in [-0.05, 0) is 94.6 Å². The highest BCUT2D eigenvalue weighted by atomic mass is 79.9. The Labute approximate surface area is 241 Å². The molecule has 1 aliphatic rings. The number of ether oxygens (including phenoxy) is 2. The van der Waals surface area contributed by atoms with E-state index in [1.54, 1.807) is 24.3 Å². The van der Waals surface area contributed by atoms with Crippen LogP contribution in [0.1, 0.15) is 22.3 Å². The van der Waals surface area contributed by atoms with Crippen molar-refractivity contribution in [1.29, 1.82) is 0 Å². The monoisotopic (exact) mass is 658 g/mol. The van der Waals surface area contributed by atoms with Crippen molar-refractivity contribution < 1.29 is 23.9 Å². The number of aryl methyl sites for hydroxylation is 2. The van der Waals surface area contributed by atoms with Crippen molar-refractivity contribution in [3.8, 4) is 11.5 Å². The van der Waals surface area contributed by atoms with Crippen molar-refractivity contribution >= 4 is 72.4 Å². The maximum atomic E-state index is 13.0. The van der Waals surface area contributed by atoms with Crippen molar-refractivity contribution in [3.63, 3.8) is 0 Å². The summed E-state index contributed by atoms with van der Waals surface area (Å²) in [6.07, 6.45) is 1.60. The number of benzene rings is 3. The lowest BCUT2D eigenvalue weighted by molar-refractivity contribution is -0.127. The number of nitrogens with one attached hydrogen (secondary N) is 1. The van der Waals surface area contributed by atoms with Crippen LogP contribution in [0, 0.1) is 13.8 Å². The average Bonchev–Trinajstić information content (AvgIpc) is 3.13. The molecular formula is C28H24Br2N2O5S. The number of hydrogen-bond donors (Lipinski definition) is 1. The molecule has 0 atom stereocenters. The smallest absolute Gasteiger partial charge is 0.294 e. The molecule has 0 radical (unpaired) electrons. The van der Waals surface area contributed by atoms with Gasteiger partial charge in [-0.3, -0.25) is 19.3 Å². The van der Waals surface area contributed by atoms with Gasteiger partial charge in [0.1, 0.15) is 13.2 Å². The Morgan fingerprint density at radius 1 is 1.05 bits per heavy atom. The number of carbonyl (C=O) groups is 3. The van der Waals surface area contributed by atoms with E-state index in [1.807, 2.05) is 50.2 Å². The lowest BCUT2D eigenvalue weighted by Gasteiger charge is -2.14. The van der Waals surface area contributed by atoms with Gasteiger partial charge < -0.3 is 14.8 Å². The van der Waals surface area contributed by atoms with Crippen LogP contribution in [0.2, 0.25) is 0 Å². The highest BCUT2D eigenvalue weighted by Gasteiger charge is 2.36. The van der Waals surface area contributed by atoms with Crippen LogP contribution in [0.25, 0.3) is 6.08 Å². The third kappa shape index (κ3) is 6.67. The molecular weight excluding hydrogens is 636 g/mol. The van der Waals surface area contributed by atoms with E-state index in [1.165, 1.54) is 7.11 Å². The molecule has 0 bridgehead atoms. The number of amides is 3. The molecule has 1 heterocycles. The molecule has 10 heteroatoms. The van der Waals surface area contributed by atoms with E-state index in [-0.39, 0.29) is 11.4 Å². The minimum absolute atomic E-state index is 0.215. The third-order valence-electron chi connectivity index (χ3n) is 5.68. The second-order valence-corrected chi connectivity index (χ2v) is 11.3. The Kier molecular flexibility index (Phi) is 8.96. The van der Waals surface area contributed by atoms with Crippen molar-refractivity contribution in [2.24, 2.45) is 0 Å². The number of halogens is 2. The number of imide groups is 1. The largest absolute Gasteiger partial charge is 0.493 e. The van der Waals surface area contributed by atoms with Crippen LogP contribution in [0.5, 0.6) is 11.5 Å². The molecule has 0 aliphatic carbocycles. The molecule has 0 aromatic heterocycles. The standard InChI is InChI=1S/C28H24Br2N2O5S/c1-16-4-9-22(17(2)10-16)31-25(33)14-32-27(34)24(38-28(32)35)13-19-11-21(30)26(23(12-19)36-3)37-15-18-5-7-20(29)8-6-18/h4-13H,14-15H2,1-3H3,(H,31,33)/b24-13+. The molecule has 196 valence electrons. The van der Waals surface area contributed by atoms with E-state index < -0.39 is 17.1 Å². The van der Waals surface area contributed by atoms with Crippen LogP contribution in [-0.2, 0) is 16.2 Å². The fraction of sp³-hybridized carbons (Fsp3) is 0.179. The molecule has 3 amide bonds. The van der Waals surface area contributed by atoms with Gasteiger partial charge in [-0.1, -0.05) is 45.8 Å². The summed E-state index contributed by atoms with van der Waals surface area (Å²) in [4.78, 5) is 39.3. The topological polar surface area (TPSA) is 84.9 Å². The van der Waals surface area contributed by atoms with Gasteiger partial charge >= 0.3 is 0 Å². The van der Waals surface area contributed by atoms with Crippen LogP contribution in [0.3, 0.4) is 0 Å². The predicted molar refractivity (Wildman–Crippen MR) is 156 cm³/mol. The number of thioether (sulfide) groups is 1. The van der Waals surface area contributed by atoms with E-state index in [4.69, 9.17) is 9.47 Å². The Morgan fingerprint density at radius 3 is 2.47 bits per heavy atom. The number of hydrogen-bond acceptors (Lipinski definition) is 6. The molecule has 3 aromatic rings. The first-order valence-electron chi connectivity index (χ1n) is 11.5. The molecule has 0 saturated carbocycles. The average molecular weight is 660 g/mol. The van der Waals surface area contributed by atoms with E-state index in [0.29, 0.717) is 33.8 Å². The molecule has 38 heavy (non-hydrogen) atoms. The number of anilines is 1. The SMILES string of the molecule is COc1cc(/C=C2/SC(=O)N(CC(=O)Nc3ccc(C)cc3C)C2=O)cc(Br)c1OCc1ccc(Br)cc1. The van der Waals surface area contributed by atoms with Gasteiger partial charge in [-0.2, -0.15) is 0 Å². The second-order valence-electron chi connectivity index (χ2n) is 8.58. The van der Waals surface area contributed by atoms with Crippen LogP contribution >= 0.6 is 43.6 Å². The zero-order valence-electron chi connectivity index (χ0n) is 20.8. The molecule has 0 spiro atoms. The summed E-state index contributed by atoms with van der Waals surface area (Å²) >= 11 is 7.73. The van der Waals surface area contributed by atoms with Crippen LogP contribution in [0.4, 0.5) is 10.5 Å². The summed E-state index contributed by atoms with van der Waals surface area (Å²) in [7, 11) is 1.53. The molecule has 1 saturated heterocycles. The quantitative estimate of drug-likeness (QED) is 0.260. The first kappa shape index (κ1) is 27.9. The molecule has 1 aliphatic heterocycles. The molecule has 0 unspecified atom stereocenters.